The Balaban J connectivity index is 2.55. The topological polar surface area (TPSA) is 56.3 Å². The first kappa shape index (κ1) is 9.11. The molecular weight excluding hydrogens is 210 g/mol. The number of hydrogen-bond acceptors (Lipinski definition) is 5. The fourth-order valence-corrected chi connectivity index (χ4v) is 3.33. The molecule has 6 heteroatoms. The molecule has 1 aromatic heterocycles. The third-order valence-electron chi connectivity index (χ3n) is 1.91. The SMILES string of the molecule is CS(=O)(=O)c1snc2c1CCOC2. The van der Waals surface area contributed by atoms with Gasteiger partial charge in [-0.05, 0) is 18.0 Å². The maximum absolute atomic E-state index is 11.3. The van der Waals surface area contributed by atoms with Crippen LogP contribution in [0, 0.1) is 0 Å². The van der Waals surface area contributed by atoms with Crippen molar-refractivity contribution in [2.24, 2.45) is 0 Å². The van der Waals surface area contributed by atoms with E-state index in [2.05, 4.69) is 4.37 Å². The van der Waals surface area contributed by atoms with Crippen LogP contribution in [0.3, 0.4) is 0 Å². The molecule has 4 nitrogen and oxygen atoms in total. The largest absolute Gasteiger partial charge is 0.375 e. The van der Waals surface area contributed by atoms with Crippen molar-refractivity contribution < 1.29 is 13.2 Å². The summed E-state index contributed by atoms with van der Waals surface area (Å²) >= 11 is 1.05. The summed E-state index contributed by atoms with van der Waals surface area (Å²) < 4.78 is 32.2. The maximum Gasteiger partial charge on any atom is 0.186 e. The van der Waals surface area contributed by atoms with Gasteiger partial charge in [0.25, 0.3) is 0 Å². The van der Waals surface area contributed by atoms with E-state index in [1.54, 1.807) is 0 Å². The predicted molar refractivity (Wildman–Crippen MR) is 48.6 cm³/mol. The molecule has 0 fully saturated rings. The molecule has 2 rings (SSSR count). The molecule has 0 unspecified atom stereocenters. The summed E-state index contributed by atoms with van der Waals surface area (Å²) in [7, 11) is -3.10. The zero-order valence-corrected chi connectivity index (χ0v) is 8.74. The van der Waals surface area contributed by atoms with Gasteiger partial charge in [-0.25, -0.2) is 8.42 Å². The van der Waals surface area contributed by atoms with E-state index in [-0.39, 0.29) is 0 Å². The van der Waals surface area contributed by atoms with Crippen LogP contribution in [0.1, 0.15) is 11.3 Å². The lowest BCUT2D eigenvalue weighted by Crippen LogP contribution is -2.11. The number of nitrogens with zero attached hydrogens (tertiary/aromatic N) is 1. The summed E-state index contributed by atoms with van der Waals surface area (Å²) in [5.74, 6) is 0. The van der Waals surface area contributed by atoms with Crippen LogP contribution >= 0.6 is 11.5 Å². The first-order valence-corrected chi connectivity index (χ1v) is 6.51. The van der Waals surface area contributed by atoms with Gasteiger partial charge in [-0.1, -0.05) is 0 Å². The van der Waals surface area contributed by atoms with Crippen molar-refractivity contribution in [1.82, 2.24) is 4.37 Å². The minimum atomic E-state index is -3.10. The molecule has 0 bridgehead atoms. The predicted octanol–water partition coefficient (Wildman–Crippen LogP) is 0.619. The minimum absolute atomic E-state index is 0.408. The van der Waals surface area contributed by atoms with Gasteiger partial charge < -0.3 is 4.74 Å². The van der Waals surface area contributed by atoms with E-state index < -0.39 is 9.84 Å². The summed E-state index contributed by atoms with van der Waals surface area (Å²) in [5.41, 5.74) is 1.65. The first-order valence-electron chi connectivity index (χ1n) is 3.84. The molecular formula is C7H9NO3S2. The second-order valence-corrected chi connectivity index (χ2v) is 5.95. The van der Waals surface area contributed by atoms with Gasteiger partial charge in [0, 0.05) is 11.8 Å². The third kappa shape index (κ3) is 1.61. The average Bonchev–Trinajstić information content (AvgIpc) is 2.45. The summed E-state index contributed by atoms with van der Waals surface area (Å²) in [6.45, 7) is 1.04. The van der Waals surface area contributed by atoms with Crippen molar-refractivity contribution in [3.63, 3.8) is 0 Å². The molecule has 1 aliphatic rings. The second kappa shape index (κ2) is 3.04. The number of fused-ring (bicyclic) bond motifs is 1. The molecule has 0 atom stereocenters. The Hall–Kier alpha value is -0.460. The molecule has 2 heterocycles. The Morgan fingerprint density at radius 1 is 1.54 bits per heavy atom. The number of hydrogen-bond donors (Lipinski definition) is 0. The van der Waals surface area contributed by atoms with E-state index in [4.69, 9.17) is 4.74 Å². The molecule has 13 heavy (non-hydrogen) atoms. The second-order valence-electron chi connectivity index (χ2n) is 2.97. The Morgan fingerprint density at radius 2 is 2.31 bits per heavy atom. The lowest BCUT2D eigenvalue weighted by Gasteiger charge is -2.11. The van der Waals surface area contributed by atoms with Gasteiger partial charge in [-0.15, -0.1) is 0 Å². The van der Waals surface area contributed by atoms with Crippen molar-refractivity contribution in [3.05, 3.63) is 11.3 Å². The molecule has 0 aromatic carbocycles. The zero-order chi connectivity index (χ0) is 9.47. The highest BCUT2D eigenvalue weighted by Crippen LogP contribution is 2.27. The van der Waals surface area contributed by atoms with E-state index in [1.165, 1.54) is 6.26 Å². The highest BCUT2D eigenvalue weighted by atomic mass is 32.2. The Bertz CT molecular complexity index is 421. The fraction of sp³-hybridized carbons (Fsp3) is 0.571. The molecule has 0 saturated heterocycles. The molecule has 72 valence electrons. The minimum Gasteiger partial charge on any atom is -0.375 e. The summed E-state index contributed by atoms with van der Waals surface area (Å²) in [6, 6.07) is 0. The van der Waals surface area contributed by atoms with Gasteiger partial charge in [0.15, 0.2) is 9.84 Å². The van der Waals surface area contributed by atoms with Crippen LogP contribution in [0.2, 0.25) is 0 Å². The van der Waals surface area contributed by atoms with Crippen molar-refractivity contribution >= 4 is 21.4 Å². The van der Waals surface area contributed by atoms with E-state index in [0.717, 1.165) is 22.8 Å². The smallest absolute Gasteiger partial charge is 0.186 e. The van der Waals surface area contributed by atoms with E-state index in [9.17, 15) is 8.42 Å². The van der Waals surface area contributed by atoms with Crippen LogP contribution < -0.4 is 0 Å². The van der Waals surface area contributed by atoms with Crippen LogP contribution in [-0.2, 0) is 27.6 Å². The molecule has 0 N–H and O–H groups in total. The van der Waals surface area contributed by atoms with Crippen molar-refractivity contribution in [1.29, 1.82) is 0 Å². The number of sulfone groups is 1. The third-order valence-corrected chi connectivity index (χ3v) is 4.68. The van der Waals surface area contributed by atoms with Gasteiger partial charge >= 0.3 is 0 Å². The first-order chi connectivity index (χ1) is 6.09. The van der Waals surface area contributed by atoms with Crippen molar-refractivity contribution in [2.75, 3.05) is 12.9 Å². The van der Waals surface area contributed by atoms with E-state index >= 15 is 0 Å². The Kier molecular flexibility index (Phi) is 2.13. The monoisotopic (exact) mass is 219 g/mol. The number of ether oxygens (including phenoxy) is 1. The average molecular weight is 219 g/mol. The number of aromatic nitrogens is 1. The van der Waals surface area contributed by atoms with Gasteiger partial charge in [-0.2, -0.15) is 4.37 Å². The Labute approximate surface area is 80.6 Å². The molecule has 0 saturated carbocycles. The van der Waals surface area contributed by atoms with Gasteiger partial charge in [0.2, 0.25) is 0 Å². The highest BCUT2D eigenvalue weighted by Gasteiger charge is 2.23. The molecule has 1 aliphatic heterocycles. The van der Waals surface area contributed by atoms with Crippen molar-refractivity contribution in [2.45, 2.75) is 17.2 Å². The van der Waals surface area contributed by atoms with Crippen molar-refractivity contribution in [3.8, 4) is 0 Å². The summed E-state index contributed by atoms with van der Waals surface area (Å²) in [5, 5.41) is 0. The van der Waals surface area contributed by atoms with Crippen LogP contribution in [0.5, 0.6) is 0 Å². The summed E-state index contributed by atoms with van der Waals surface area (Å²) in [6.07, 6.45) is 1.88. The Morgan fingerprint density at radius 3 is 3.00 bits per heavy atom. The van der Waals surface area contributed by atoms with Gasteiger partial charge in [0.1, 0.15) is 4.21 Å². The lowest BCUT2D eigenvalue weighted by molar-refractivity contribution is 0.108. The maximum atomic E-state index is 11.3. The van der Waals surface area contributed by atoms with Crippen LogP contribution in [0.25, 0.3) is 0 Å². The normalized spacial score (nSPS) is 17.0. The summed E-state index contributed by atoms with van der Waals surface area (Å²) in [4.78, 5) is 0. The number of rotatable bonds is 1. The molecule has 0 radical (unpaired) electrons. The van der Waals surface area contributed by atoms with E-state index in [1.807, 2.05) is 0 Å². The zero-order valence-electron chi connectivity index (χ0n) is 7.11. The molecule has 0 spiro atoms. The van der Waals surface area contributed by atoms with Crippen LogP contribution in [0.4, 0.5) is 0 Å². The quantitative estimate of drug-likeness (QED) is 0.694. The van der Waals surface area contributed by atoms with Crippen LogP contribution in [0.15, 0.2) is 4.21 Å². The standard InChI is InChI=1S/C7H9NO3S2/c1-13(9,10)7-5-2-3-11-4-6(5)8-12-7/h2-4H2,1H3. The lowest BCUT2D eigenvalue weighted by atomic mass is 10.2. The van der Waals surface area contributed by atoms with Gasteiger partial charge in [-0.3, -0.25) is 0 Å². The van der Waals surface area contributed by atoms with Gasteiger partial charge in [0.05, 0.1) is 18.9 Å². The van der Waals surface area contributed by atoms with Crippen LogP contribution in [-0.4, -0.2) is 25.7 Å². The fourth-order valence-electron chi connectivity index (χ4n) is 1.32. The van der Waals surface area contributed by atoms with E-state index in [0.29, 0.717) is 23.8 Å². The highest BCUT2D eigenvalue weighted by molar-refractivity contribution is 7.92. The molecule has 0 amide bonds. The molecule has 0 aliphatic carbocycles. The molecule has 1 aromatic rings.